The predicted octanol–water partition coefficient (Wildman–Crippen LogP) is 6.34. The molecule has 3 aliphatic rings. The van der Waals surface area contributed by atoms with Gasteiger partial charge < -0.3 is 15.3 Å². The summed E-state index contributed by atoms with van der Waals surface area (Å²) in [5.41, 5.74) is 2.57. The first-order valence-corrected chi connectivity index (χ1v) is 12.9. The summed E-state index contributed by atoms with van der Waals surface area (Å²) in [7, 11) is 0. The maximum Gasteiger partial charge on any atom is 0.0862 e. The molecule has 0 aromatic heterocycles. The predicted molar refractivity (Wildman–Crippen MR) is 133 cm³/mol. The van der Waals surface area contributed by atoms with Gasteiger partial charge in [0.1, 0.15) is 0 Å². The van der Waals surface area contributed by atoms with Crippen molar-refractivity contribution < 1.29 is 15.3 Å². The summed E-state index contributed by atoms with van der Waals surface area (Å²) in [5, 5.41) is 31.3. The van der Waals surface area contributed by atoms with Gasteiger partial charge in [0.25, 0.3) is 0 Å². The Morgan fingerprint density at radius 1 is 1.16 bits per heavy atom. The first-order chi connectivity index (χ1) is 14.8. The maximum atomic E-state index is 10.7. The van der Waals surface area contributed by atoms with Gasteiger partial charge in [0.05, 0.1) is 17.8 Å². The Hall–Kier alpha value is -0.900. The largest absolute Gasteiger partial charge is 0.392 e. The monoisotopic (exact) mass is 444 g/mol. The number of fused-ring (bicyclic) bond motifs is 1. The van der Waals surface area contributed by atoms with Gasteiger partial charge in [-0.1, -0.05) is 64.8 Å². The van der Waals surface area contributed by atoms with E-state index in [2.05, 4.69) is 32.6 Å². The molecule has 32 heavy (non-hydrogen) atoms. The summed E-state index contributed by atoms with van der Waals surface area (Å²) >= 11 is 0. The van der Waals surface area contributed by atoms with E-state index in [0.29, 0.717) is 23.7 Å². The lowest BCUT2D eigenvalue weighted by atomic mass is 9.60. The van der Waals surface area contributed by atoms with E-state index in [0.717, 1.165) is 36.3 Å². The molecule has 3 fully saturated rings. The molecule has 0 saturated heterocycles. The van der Waals surface area contributed by atoms with Crippen LogP contribution in [0.4, 0.5) is 0 Å². The molecule has 3 aliphatic carbocycles. The van der Waals surface area contributed by atoms with Crippen LogP contribution in [-0.2, 0) is 0 Å². The van der Waals surface area contributed by atoms with Crippen LogP contribution < -0.4 is 0 Å². The molecule has 3 heteroatoms. The molecule has 182 valence electrons. The standard InChI is InChI=1S/C29H48O3/c1-19(10-8-16-27(3,4)32)23-14-15-24-21(11-9-17-29(23,24)7)12-13-22-18-25(30)28(5,6)26(31)20(22)2/h12-13,19,23-26,30-32H,2,8-11,14-18H2,1,3-7H3/b21-12+,22-13-/t19-,23-,24+,25+,26-,29-/m1/s1. The molecule has 0 unspecified atom stereocenters. The third-order valence-corrected chi connectivity index (χ3v) is 9.39. The van der Waals surface area contributed by atoms with Crippen LogP contribution >= 0.6 is 0 Å². The van der Waals surface area contributed by atoms with Crippen LogP contribution in [0.1, 0.15) is 99.3 Å². The van der Waals surface area contributed by atoms with E-state index in [4.69, 9.17) is 0 Å². The van der Waals surface area contributed by atoms with Crippen LogP contribution in [0.3, 0.4) is 0 Å². The second kappa shape index (κ2) is 9.39. The van der Waals surface area contributed by atoms with Gasteiger partial charge in [-0.05, 0) is 93.1 Å². The van der Waals surface area contributed by atoms with Crippen LogP contribution in [0.25, 0.3) is 0 Å². The Morgan fingerprint density at radius 3 is 2.50 bits per heavy atom. The van der Waals surface area contributed by atoms with E-state index in [1.54, 1.807) is 5.57 Å². The topological polar surface area (TPSA) is 60.7 Å². The summed E-state index contributed by atoms with van der Waals surface area (Å²) in [6.45, 7) is 16.8. The highest BCUT2D eigenvalue weighted by molar-refractivity contribution is 5.40. The van der Waals surface area contributed by atoms with Gasteiger partial charge in [0, 0.05) is 5.41 Å². The van der Waals surface area contributed by atoms with Gasteiger partial charge in [0.15, 0.2) is 0 Å². The Labute approximate surface area is 196 Å². The molecule has 6 atom stereocenters. The van der Waals surface area contributed by atoms with Gasteiger partial charge in [-0.15, -0.1) is 0 Å². The van der Waals surface area contributed by atoms with E-state index in [9.17, 15) is 15.3 Å². The fourth-order valence-electron chi connectivity index (χ4n) is 7.06. The smallest absolute Gasteiger partial charge is 0.0862 e. The molecule has 3 N–H and O–H groups in total. The number of rotatable bonds is 6. The molecule has 3 rings (SSSR count). The molecule has 0 heterocycles. The molecule has 3 saturated carbocycles. The SMILES string of the molecule is C=C1/C(=C\C=C2/CCC[C@]3(C)[C@@H]([C@H](C)CCCC(C)(C)O)CC[C@@H]23)C[C@H](O)C(C)(C)[C@@H]1O. The van der Waals surface area contributed by atoms with Gasteiger partial charge in [-0.25, -0.2) is 0 Å². The summed E-state index contributed by atoms with van der Waals surface area (Å²) in [5.74, 6) is 2.08. The lowest BCUT2D eigenvalue weighted by molar-refractivity contribution is -0.0404. The Kier molecular flexibility index (Phi) is 7.55. The third kappa shape index (κ3) is 5.10. The van der Waals surface area contributed by atoms with E-state index in [1.165, 1.54) is 32.1 Å². The fourth-order valence-corrected chi connectivity index (χ4v) is 7.06. The average Bonchev–Trinajstić information content (AvgIpc) is 3.05. The van der Waals surface area contributed by atoms with Crippen molar-refractivity contribution in [2.45, 2.75) is 117 Å². The Bertz CT molecular complexity index is 753. The number of hydrogen-bond donors (Lipinski definition) is 3. The molecule has 0 amide bonds. The Morgan fingerprint density at radius 2 is 1.84 bits per heavy atom. The Balaban J connectivity index is 1.72. The van der Waals surface area contributed by atoms with Crippen LogP contribution in [0.15, 0.2) is 35.5 Å². The number of allylic oxidation sites excluding steroid dienone is 3. The molecule has 0 radical (unpaired) electrons. The highest BCUT2D eigenvalue weighted by atomic mass is 16.3. The molecule has 0 aliphatic heterocycles. The van der Waals surface area contributed by atoms with Gasteiger partial charge >= 0.3 is 0 Å². The minimum atomic E-state index is -0.701. The lowest BCUT2D eigenvalue weighted by Gasteiger charge is -2.44. The van der Waals surface area contributed by atoms with Gasteiger partial charge in [-0.3, -0.25) is 0 Å². The van der Waals surface area contributed by atoms with Crippen molar-refractivity contribution in [1.82, 2.24) is 0 Å². The van der Waals surface area contributed by atoms with Crippen molar-refractivity contribution in [1.29, 1.82) is 0 Å². The first kappa shape index (κ1) is 25.7. The lowest BCUT2D eigenvalue weighted by Crippen LogP contribution is -2.45. The maximum absolute atomic E-state index is 10.7. The van der Waals surface area contributed by atoms with Crippen LogP contribution in [0.2, 0.25) is 0 Å². The summed E-state index contributed by atoms with van der Waals surface area (Å²) in [4.78, 5) is 0. The zero-order valence-corrected chi connectivity index (χ0v) is 21.5. The van der Waals surface area contributed by atoms with Crippen molar-refractivity contribution in [3.05, 3.63) is 35.5 Å². The van der Waals surface area contributed by atoms with Crippen molar-refractivity contribution in [3.8, 4) is 0 Å². The van der Waals surface area contributed by atoms with E-state index in [-0.39, 0.29) is 0 Å². The molecule has 0 aromatic rings. The van der Waals surface area contributed by atoms with Gasteiger partial charge in [-0.2, -0.15) is 0 Å². The fraction of sp³-hybridized carbons (Fsp3) is 0.793. The second-order valence-corrected chi connectivity index (χ2v) is 12.7. The zero-order valence-electron chi connectivity index (χ0n) is 21.5. The highest BCUT2D eigenvalue weighted by Crippen LogP contribution is 2.60. The van der Waals surface area contributed by atoms with Crippen LogP contribution in [-0.4, -0.2) is 33.1 Å². The van der Waals surface area contributed by atoms with E-state index >= 15 is 0 Å². The molecular weight excluding hydrogens is 396 g/mol. The van der Waals surface area contributed by atoms with E-state index in [1.807, 2.05) is 27.7 Å². The number of hydrogen-bond acceptors (Lipinski definition) is 3. The zero-order chi connectivity index (χ0) is 23.9. The summed E-state index contributed by atoms with van der Waals surface area (Å²) in [6.07, 6.45) is 13.2. The minimum absolute atomic E-state index is 0.362. The molecule has 0 aromatic carbocycles. The summed E-state index contributed by atoms with van der Waals surface area (Å²) < 4.78 is 0. The molecule has 0 bridgehead atoms. The number of aliphatic hydroxyl groups is 3. The average molecular weight is 445 g/mol. The minimum Gasteiger partial charge on any atom is -0.392 e. The molecule has 3 nitrogen and oxygen atoms in total. The summed E-state index contributed by atoms with van der Waals surface area (Å²) in [6, 6.07) is 0. The van der Waals surface area contributed by atoms with Crippen molar-refractivity contribution in [3.63, 3.8) is 0 Å². The van der Waals surface area contributed by atoms with Crippen molar-refractivity contribution in [2.24, 2.45) is 28.6 Å². The molecule has 0 spiro atoms. The molecular formula is C29H48O3. The van der Waals surface area contributed by atoms with Gasteiger partial charge in [0.2, 0.25) is 0 Å². The quantitative estimate of drug-likeness (QED) is 0.448. The third-order valence-electron chi connectivity index (χ3n) is 9.39. The van der Waals surface area contributed by atoms with Crippen LogP contribution in [0, 0.1) is 28.6 Å². The van der Waals surface area contributed by atoms with Crippen molar-refractivity contribution >= 4 is 0 Å². The highest BCUT2D eigenvalue weighted by Gasteiger charge is 2.50. The van der Waals surface area contributed by atoms with Crippen molar-refractivity contribution in [2.75, 3.05) is 0 Å². The first-order valence-electron chi connectivity index (χ1n) is 12.9. The van der Waals surface area contributed by atoms with Crippen LogP contribution in [0.5, 0.6) is 0 Å². The number of aliphatic hydroxyl groups excluding tert-OH is 2. The second-order valence-electron chi connectivity index (χ2n) is 12.7. The normalized spacial score (nSPS) is 38.8. The van der Waals surface area contributed by atoms with E-state index < -0.39 is 23.2 Å².